The van der Waals surface area contributed by atoms with Crippen LogP contribution in [0, 0.1) is 5.41 Å². The topological polar surface area (TPSA) is 83.5 Å². The van der Waals surface area contributed by atoms with E-state index < -0.39 is 21.4 Å². The van der Waals surface area contributed by atoms with Crippen molar-refractivity contribution in [3.8, 4) is 0 Å². The number of sulfonamides is 1. The molecule has 0 unspecified atom stereocenters. The Bertz CT molecular complexity index is 641. The van der Waals surface area contributed by atoms with E-state index in [9.17, 15) is 13.2 Å². The summed E-state index contributed by atoms with van der Waals surface area (Å²) in [5.74, 6) is -0.983. The quantitative estimate of drug-likeness (QED) is 0.864. The lowest BCUT2D eigenvalue weighted by atomic mass is 9.69. The number of hydrogen-bond acceptors (Lipinski definition) is 3. The highest BCUT2D eigenvalue weighted by molar-refractivity contribution is 7.89. The molecule has 1 aliphatic rings. The Hall–Kier alpha value is -0.820. The van der Waals surface area contributed by atoms with Crippen molar-refractivity contribution in [2.24, 2.45) is 5.41 Å². The summed E-state index contributed by atoms with van der Waals surface area (Å²) in [5, 5.41) is 9.23. The van der Waals surface area contributed by atoms with Crippen LogP contribution in [0.5, 0.6) is 0 Å². The highest BCUT2D eigenvalue weighted by Crippen LogP contribution is 2.41. The van der Waals surface area contributed by atoms with Crippen molar-refractivity contribution < 1.29 is 18.3 Å². The van der Waals surface area contributed by atoms with E-state index in [4.69, 9.17) is 28.3 Å². The van der Waals surface area contributed by atoms with Crippen LogP contribution in [0.3, 0.4) is 0 Å². The molecule has 0 radical (unpaired) electrons. The number of rotatable bonds is 5. The smallest absolute Gasteiger partial charge is 0.310 e. The van der Waals surface area contributed by atoms with Gasteiger partial charge in [-0.2, -0.15) is 0 Å². The third-order valence-electron chi connectivity index (χ3n) is 3.57. The third kappa shape index (κ3) is 2.79. The Labute approximate surface area is 126 Å². The zero-order valence-electron chi connectivity index (χ0n) is 10.4. The van der Waals surface area contributed by atoms with Gasteiger partial charge in [-0.3, -0.25) is 4.79 Å². The second kappa shape index (κ2) is 5.52. The molecule has 0 aliphatic heterocycles. The summed E-state index contributed by atoms with van der Waals surface area (Å²) < 4.78 is 26.7. The molecule has 2 rings (SSSR count). The number of nitrogens with one attached hydrogen (secondary N) is 1. The average molecular weight is 338 g/mol. The summed E-state index contributed by atoms with van der Waals surface area (Å²) in [6, 6.07) is 4.28. The molecule has 8 heteroatoms. The van der Waals surface area contributed by atoms with E-state index in [2.05, 4.69) is 4.72 Å². The maximum Gasteiger partial charge on any atom is 0.310 e. The minimum absolute atomic E-state index is 0.0698. The molecule has 0 bridgehead atoms. The first-order valence-electron chi connectivity index (χ1n) is 5.96. The number of carboxylic acid groups (broad SMARTS) is 1. The lowest BCUT2D eigenvalue weighted by Gasteiger charge is -2.37. The largest absolute Gasteiger partial charge is 0.481 e. The molecule has 5 nitrogen and oxygen atoms in total. The molecule has 110 valence electrons. The van der Waals surface area contributed by atoms with Crippen LogP contribution in [0.25, 0.3) is 0 Å². The molecule has 1 aliphatic carbocycles. The van der Waals surface area contributed by atoms with E-state index in [1.54, 1.807) is 0 Å². The molecule has 2 N–H and O–H groups in total. The minimum Gasteiger partial charge on any atom is -0.481 e. The Morgan fingerprint density at radius 3 is 2.50 bits per heavy atom. The van der Waals surface area contributed by atoms with Crippen molar-refractivity contribution in [2.75, 3.05) is 6.54 Å². The normalized spacial score (nSPS) is 17.5. The fraction of sp³-hybridized carbons (Fsp3) is 0.417. The molecule has 0 amide bonds. The number of carbonyl (C=O) groups is 1. The van der Waals surface area contributed by atoms with Gasteiger partial charge in [0, 0.05) is 6.54 Å². The molecule has 1 saturated carbocycles. The Balaban J connectivity index is 2.20. The zero-order chi connectivity index (χ0) is 15.0. The van der Waals surface area contributed by atoms with Crippen LogP contribution >= 0.6 is 23.2 Å². The van der Waals surface area contributed by atoms with Gasteiger partial charge in [0.2, 0.25) is 10.0 Å². The first kappa shape index (κ1) is 15.6. The number of hydrogen-bond donors (Lipinski definition) is 2. The first-order chi connectivity index (χ1) is 9.28. The number of aliphatic carboxylic acids is 1. The SMILES string of the molecule is O=C(O)C1(CNS(=O)(=O)c2cccc(Cl)c2Cl)CCC1. The second-order valence-electron chi connectivity index (χ2n) is 4.82. The van der Waals surface area contributed by atoms with Crippen molar-refractivity contribution in [2.45, 2.75) is 24.2 Å². The molecular weight excluding hydrogens is 325 g/mol. The molecule has 1 aromatic rings. The summed E-state index contributed by atoms with van der Waals surface area (Å²) in [6.07, 6.45) is 1.72. The van der Waals surface area contributed by atoms with Crippen molar-refractivity contribution in [3.05, 3.63) is 28.2 Å². The minimum atomic E-state index is -3.89. The van der Waals surface area contributed by atoms with Crippen molar-refractivity contribution in [3.63, 3.8) is 0 Å². The predicted molar refractivity (Wildman–Crippen MR) is 75.6 cm³/mol. The molecule has 1 aromatic carbocycles. The number of carboxylic acids is 1. The fourth-order valence-corrected chi connectivity index (χ4v) is 3.96. The van der Waals surface area contributed by atoms with Gasteiger partial charge < -0.3 is 5.11 Å². The monoisotopic (exact) mass is 337 g/mol. The standard InChI is InChI=1S/C12H13Cl2NO4S/c13-8-3-1-4-9(10(8)14)20(18,19)15-7-12(11(16)17)5-2-6-12/h1,3-4,15H,2,5-7H2,(H,16,17). The van der Waals surface area contributed by atoms with Gasteiger partial charge in [-0.1, -0.05) is 35.7 Å². The van der Waals surface area contributed by atoms with Gasteiger partial charge in [-0.15, -0.1) is 0 Å². The summed E-state index contributed by atoms with van der Waals surface area (Å²) in [4.78, 5) is 11.0. The van der Waals surface area contributed by atoms with Gasteiger partial charge in [0.25, 0.3) is 0 Å². The van der Waals surface area contributed by atoms with Crippen molar-refractivity contribution >= 4 is 39.2 Å². The Morgan fingerprint density at radius 1 is 1.35 bits per heavy atom. The van der Waals surface area contributed by atoms with E-state index in [-0.39, 0.29) is 21.5 Å². The fourth-order valence-electron chi connectivity index (χ4n) is 2.07. The third-order valence-corrected chi connectivity index (χ3v) is 5.95. The van der Waals surface area contributed by atoms with Crippen LogP contribution in [0.4, 0.5) is 0 Å². The summed E-state index contributed by atoms with van der Waals surface area (Å²) in [5.41, 5.74) is -1.00. The van der Waals surface area contributed by atoms with Gasteiger partial charge in [-0.25, -0.2) is 13.1 Å². The molecule has 0 spiro atoms. The molecule has 0 saturated heterocycles. The summed E-state index contributed by atoms with van der Waals surface area (Å²) in [6.45, 7) is -0.145. The maximum absolute atomic E-state index is 12.2. The molecule has 0 heterocycles. The van der Waals surface area contributed by atoms with Crippen LogP contribution in [0.15, 0.2) is 23.1 Å². The predicted octanol–water partition coefficient (Wildman–Crippen LogP) is 2.53. The van der Waals surface area contributed by atoms with E-state index in [1.165, 1.54) is 18.2 Å². The van der Waals surface area contributed by atoms with Gasteiger partial charge in [0.15, 0.2) is 0 Å². The Morgan fingerprint density at radius 2 is 2.00 bits per heavy atom. The van der Waals surface area contributed by atoms with Crippen LogP contribution in [-0.4, -0.2) is 26.0 Å². The van der Waals surface area contributed by atoms with Crippen LogP contribution in [-0.2, 0) is 14.8 Å². The van der Waals surface area contributed by atoms with E-state index in [1.807, 2.05) is 0 Å². The van der Waals surface area contributed by atoms with Crippen LogP contribution in [0.1, 0.15) is 19.3 Å². The van der Waals surface area contributed by atoms with Gasteiger partial charge >= 0.3 is 5.97 Å². The number of halogens is 2. The van der Waals surface area contributed by atoms with Crippen LogP contribution in [0.2, 0.25) is 10.0 Å². The van der Waals surface area contributed by atoms with E-state index >= 15 is 0 Å². The molecule has 20 heavy (non-hydrogen) atoms. The van der Waals surface area contributed by atoms with Crippen molar-refractivity contribution in [1.82, 2.24) is 4.72 Å². The first-order valence-corrected chi connectivity index (χ1v) is 8.19. The van der Waals surface area contributed by atoms with E-state index in [0.29, 0.717) is 12.8 Å². The lowest BCUT2D eigenvalue weighted by molar-refractivity contribution is -0.153. The van der Waals surface area contributed by atoms with Crippen molar-refractivity contribution in [1.29, 1.82) is 0 Å². The number of benzene rings is 1. The summed E-state index contributed by atoms with van der Waals surface area (Å²) in [7, 11) is -3.89. The van der Waals surface area contributed by atoms with Gasteiger partial charge in [0.1, 0.15) is 4.90 Å². The van der Waals surface area contributed by atoms with E-state index in [0.717, 1.165) is 6.42 Å². The van der Waals surface area contributed by atoms with Crippen LogP contribution < -0.4 is 4.72 Å². The highest BCUT2D eigenvalue weighted by Gasteiger charge is 2.45. The molecule has 0 aromatic heterocycles. The molecular formula is C12H13Cl2NO4S. The molecule has 1 fully saturated rings. The van der Waals surface area contributed by atoms with Gasteiger partial charge in [0.05, 0.1) is 15.5 Å². The summed E-state index contributed by atoms with van der Waals surface area (Å²) >= 11 is 11.7. The zero-order valence-corrected chi connectivity index (χ0v) is 12.7. The van der Waals surface area contributed by atoms with Gasteiger partial charge in [-0.05, 0) is 25.0 Å². The second-order valence-corrected chi connectivity index (χ2v) is 7.34. The average Bonchev–Trinajstić information content (AvgIpc) is 2.30. The maximum atomic E-state index is 12.2. The Kier molecular flexibility index (Phi) is 4.30. The lowest BCUT2D eigenvalue weighted by Crippen LogP contribution is -2.47. The molecule has 0 atom stereocenters. The highest BCUT2D eigenvalue weighted by atomic mass is 35.5.